The normalized spacial score (nSPS) is 12.0. The molecule has 3 aromatic heterocycles. The lowest BCUT2D eigenvalue weighted by Gasteiger charge is -2.09. The summed E-state index contributed by atoms with van der Waals surface area (Å²) in [6.07, 6.45) is 1.04. The van der Waals surface area contributed by atoms with E-state index in [2.05, 4.69) is 20.3 Å². The van der Waals surface area contributed by atoms with Crippen LogP contribution in [0.1, 0.15) is 34.6 Å². The summed E-state index contributed by atoms with van der Waals surface area (Å²) in [6, 6.07) is 16.8. The Morgan fingerprint density at radius 1 is 1.07 bits per heavy atom. The number of amides is 1. The number of carbonyl (C=O) groups excluding carboxylic acids is 1. The van der Waals surface area contributed by atoms with Crippen molar-refractivity contribution < 1.29 is 14.3 Å². The molecule has 150 valence electrons. The van der Waals surface area contributed by atoms with Crippen molar-refractivity contribution in [3.63, 3.8) is 0 Å². The number of fused-ring (bicyclic) bond motifs is 1. The number of carbonyl (C=O) groups is 1. The van der Waals surface area contributed by atoms with Crippen molar-refractivity contribution in [3.8, 4) is 11.4 Å². The van der Waals surface area contributed by atoms with Crippen LogP contribution in [0.25, 0.3) is 22.3 Å². The summed E-state index contributed by atoms with van der Waals surface area (Å²) >= 11 is 0. The van der Waals surface area contributed by atoms with Crippen molar-refractivity contribution in [2.24, 2.45) is 0 Å². The molecule has 0 aliphatic rings. The summed E-state index contributed by atoms with van der Waals surface area (Å²) in [5.74, 6) is -0.822. The summed E-state index contributed by atoms with van der Waals surface area (Å²) < 4.78 is 13.4. The van der Waals surface area contributed by atoms with Gasteiger partial charge in [-0.15, -0.1) is 0 Å². The molecule has 0 aliphatic carbocycles. The molecule has 1 aromatic carbocycles. The summed E-state index contributed by atoms with van der Waals surface area (Å²) in [7, 11) is 0. The Kier molecular flexibility index (Phi) is 5.45. The Morgan fingerprint density at radius 2 is 1.87 bits per heavy atom. The molecule has 0 saturated carbocycles. The third-order valence-corrected chi connectivity index (χ3v) is 4.67. The molecule has 0 radical (unpaired) electrons. The number of halogens is 1. The van der Waals surface area contributed by atoms with Gasteiger partial charge in [-0.2, -0.15) is 4.39 Å². The van der Waals surface area contributed by atoms with E-state index >= 15 is 0 Å². The highest BCUT2D eigenvalue weighted by atomic mass is 19.1. The number of benzene rings is 1. The zero-order valence-corrected chi connectivity index (χ0v) is 16.2. The van der Waals surface area contributed by atoms with Crippen LogP contribution < -0.4 is 5.32 Å². The van der Waals surface area contributed by atoms with Gasteiger partial charge in [-0.1, -0.05) is 18.2 Å². The fourth-order valence-electron chi connectivity index (χ4n) is 3.06. The fourth-order valence-corrected chi connectivity index (χ4v) is 3.06. The summed E-state index contributed by atoms with van der Waals surface area (Å²) in [5, 5.41) is 13.3. The van der Waals surface area contributed by atoms with E-state index < -0.39 is 12.1 Å². The molecule has 1 unspecified atom stereocenters. The Labute approximate surface area is 172 Å². The molecular formula is C23H19FN4O2. The van der Waals surface area contributed by atoms with Crippen LogP contribution in [0.5, 0.6) is 0 Å². The number of nitrogens with one attached hydrogen (secondary N) is 1. The minimum absolute atomic E-state index is 0.220. The van der Waals surface area contributed by atoms with Crippen molar-refractivity contribution in [1.29, 1.82) is 0 Å². The highest BCUT2D eigenvalue weighted by Gasteiger charge is 2.10. The van der Waals surface area contributed by atoms with Gasteiger partial charge in [-0.05, 0) is 55.0 Å². The van der Waals surface area contributed by atoms with E-state index in [1.54, 1.807) is 61.7 Å². The number of pyridine rings is 3. The summed E-state index contributed by atoms with van der Waals surface area (Å²) in [4.78, 5) is 25.2. The first-order valence-corrected chi connectivity index (χ1v) is 9.44. The molecule has 2 N–H and O–H groups in total. The standard InChI is InChI=1S/C23H19FN4O2/c1-14(29)15-4-2-5-16(10-15)23(30)26-13-18-11-21-17(12-25-18)8-9-20(27-21)19-6-3-7-22(24)28-19/h2-12,14,29H,13H2,1H3,(H,26,30). The highest BCUT2D eigenvalue weighted by Crippen LogP contribution is 2.20. The number of hydrogen-bond donors (Lipinski definition) is 2. The van der Waals surface area contributed by atoms with E-state index in [9.17, 15) is 14.3 Å². The Bertz CT molecular complexity index is 1230. The Hall–Kier alpha value is -3.71. The number of aromatic nitrogens is 3. The molecule has 0 bridgehead atoms. The second kappa shape index (κ2) is 8.34. The maximum atomic E-state index is 13.4. The second-order valence-electron chi connectivity index (χ2n) is 6.89. The molecule has 0 saturated heterocycles. The molecule has 6 nitrogen and oxygen atoms in total. The highest BCUT2D eigenvalue weighted by molar-refractivity contribution is 5.94. The molecule has 4 rings (SSSR count). The van der Waals surface area contributed by atoms with Crippen LogP contribution in [0.15, 0.2) is 66.9 Å². The van der Waals surface area contributed by atoms with Gasteiger partial charge >= 0.3 is 0 Å². The topological polar surface area (TPSA) is 88.0 Å². The van der Waals surface area contributed by atoms with Crippen molar-refractivity contribution in [2.45, 2.75) is 19.6 Å². The summed E-state index contributed by atoms with van der Waals surface area (Å²) in [6.45, 7) is 1.87. The van der Waals surface area contributed by atoms with Gasteiger partial charge in [0.15, 0.2) is 0 Å². The van der Waals surface area contributed by atoms with E-state index in [0.717, 1.165) is 5.39 Å². The lowest BCUT2D eigenvalue weighted by atomic mass is 10.1. The van der Waals surface area contributed by atoms with Gasteiger partial charge in [0.1, 0.15) is 0 Å². The molecule has 0 spiro atoms. The Balaban J connectivity index is 1.53. The minimum Gasteiger partial charge on any atom is -0.389 e. The van der Waals surface area contributed by atoms with E-state index in [1.807, 2.05) is 6.07 Å². The largest absolute Gasteiger partial charge is 0.389 e. The van der Waals surface area contributed by atoms with Crippen LogP contribution in [0, 0.1) is 5.95 Å². The minimum atomic E-state index is -0.646. The average Bonchev–Trinajstić information content (AvgIpc) is 2.77. The number of nitrogens with zero attached hydrogens (tertiary/aromatic N) is 3. The first kappa shape index (κ1) is 19.6. The smallest absolute Gasteiger partial charge is 0.251 e. The van der Waals surface area contributed by atoms with E-state index in [1.165, 1.54) is 6.07 Å². The predicted octanol–water partition coefficient (Wildman–Crippen LogP) is 3.81. The first-order valence-electron chi connectivity index (χ1n) is 9.44. The van der Waals surface area contributed by atoms with Crippen LogP contribution in [0.4, 0.5) is 4.39 Å². The number of aliphatic hydroxyl groups is 1. The predicted molar refractivity (Wildman–Crippen MR) is 111 cm³/mol. The van der Waals surface area contributed by atoms with Gasteiger partial charge in [0.2, 0.25) is 5.95 Å². The van der Waals surface area contributed by atoms with Gasteiger partial charge < -0.3 is 10.4 Å². The van der Waals surface area contributed by atoms with Gasteiger partial charge in [0.25, 0.3) is 5.91 Å². The van der Waals surface area contributed by atoms with Crippen molar-refractivity contribution in [3.05, 3.63) is 89.6 Å². The molecule has 7 heteroatoms. The van der Waals surface area contributed by atoms with Crippen molar-refractivity contribution in [1.82, 2.24) is 20.3 Å². The molecule has 3 heterocycles. The molecular weight excluding hydrogens is 383 g/mol. The van der Waals surface area contributed by atoms with Gasteiger partial charge in [-0.25, -0.2) is 9.97 Å². The zero-order chi connectivity index (χ0) is 21.1. The third-order valence-electron chi connectivity index (χ3n) is 4.67. The SMILES string of the molecule is CC(O)c1cccc(C(=O)NCc2cc3nc(-c4cccc(F)n4)ccc3cn2)c1. The molecule has 4 aromatic rings. The lowest BCUT2D eigenvalue weighted by Crippen LogP contribution is -2.23. The first-order chi connectivity index (χ1) is 14.5. The molecule has 0 aliphatic heterocycles. The van der Waals surface area contributed by atoms with Crippen LogP contribution in [0.3, 0.4) is 0 Å². The number of rotatable bonds is 5. The lowest BCUT2D eigenvalue weighted by molar-refractivity contribution is 0.0950. The van der Waals surface area contributed by atoms with Crippen LogP contribution in [0.2, 0.25) is 0 Å². The molecule has 30 heavy (non-hydrogen) atoms. The quantitative estimate of drug-likeness (QED) is 0.496. The van der Waals surface area contributed by atoms with Crippen LogP contribution in [-0.4, -0.2) is 26.0 Å². The molecule has 1 atom stereocenters. The maximum Gasteiger partial charge on any atom is 0.251 e. The number of aliphatic hydroxyl groups excluding tert-OH is 1. The van der Waals surface area contributed by atoms with Gasteiger partial charge in [-0.3, -0.25) is 9.78 Å². The monoisotopic (exact) mass is 402 g/mol. The molecule has 1 amide bonds. The summed E-state index contributed by atoms with van der Waals surface area (Å²) in [5.41, 5.74) is 3.45. The maximum absolute atomic E-state index is 13.4. The zero-order valence-electron chi connectivity index (χ0n) is 16.2. The van der Waals surface area contributed by atoms with Gasteiger partial charge in [0.05, 0.1) is 35.2 Å². The van der Waals surface area contributed by atoms with Crippen LogP contribution >= 0.6 is 0 Å². The number of hydrogen-bond acceptors (Lipinski definition) is 5. The van der Waals surface area contributed by atoms with Crippen molar-refractivity contribution >= 4 is 16.8 Å². The van der Waals surface area contributed by atoms with Gasteiger partial charge in [0, 0.05) is 17.1 Å². The third kappa shape index (κ3) is 4.31. The van der Waals surface area contributed by atoms with E-state index in [-0.39, 0.29) is 12.5 Å². The van der Waals surface area contributed by atoms with E-state index in [0.29, 0.717) is 33.7 Å². The average molecular weight is 402 g/mol. The molecule has 0 fully saturated rings. The Morgan fingerprint density at radius 3 is 2.67 bits per heavy atom. The van der Waals surface area contributed by atoms with E-state index in [4.69, 9.17) is 0 Å². The van der Waals surface area contributed by atoms with Crippen LogP contribution in [-0.2, 0) is 6.54 Å². The second-order valence-corrected chi connectivity index (χ2v) is 6.89. The van der Waals surface area contributed by atoms with Crippen molar-refractivity contribution in [2.75, 3.05) is 0 Å². The fraction of sp³-hybridized carbons (Fsp3) is 0.130.